The molecule has 0 fully saturated rings. The van der Waals surface area contributed by atoms with Crippen LogP contribution in [0.1, 0.15) is 20.8 Å². The molecule has 0 saturated heterocycles. The first-order chi connectivity index (χ1) is 5.94. The Morgan fingerprint density at radius 1 is 1.38 bits per heavy atom. The summed E-state index contributed by atoms with van der Waals surface area (Å²) in [6, 6.07) is 0. The van der Waals surface area contributed by atoms with Crippen molar-refractivity contribution in [3.8, 4) is 0 Å². The first kappa shape index (κ1) is 11.7. The molecule has 0 aliphatic rings. The maximum absolute atomic E-state index is 11.1. The largest absolute Gasteiger partial charge is 0.467 e. The van der Waals surface area contributed by atoms with Crippen LogP contribution in [0.4, 0.5) is 4.79 Å². The highest BCUT2D eigenvalue weighted by Gasteiger charge is 2.30. The smallest absolute Gasteiger partial charge is 0.408 e. The molecule has 0 aromatic rings. The van der Waals surface area contributed by atoms with Gasteiger partial charge in [0.25, 0.3) is 0 Å². The third-order valence-electron chi connectivity index (χ3n) is 1.39. The van der Waals surface area contributed by atoms with Crippen LogP contribution < -0.4 is 5.32 Å². The summed E-state index contributed by atoms with van der Waals surface area (Å²) in [4.78, 5) is 22.0. The van der Waals surface area contributed by atoms with E-state index in [1.165, 1.54) is 21.0 Å². The van der Waals surface area contributed by atoms with E-state index in [0.29, 0.717) is 0 Å². The van der Waals surface area contributed by atoms with Crippen molar-refractivity contribution in [1.29, 1.82) is 0 Å². The maximum atomic E-state index is 11.1. The summed E-state index contributed by atoms with van der Waals surface area (Å²) in [5.74, 6) is -0.513. The van der Waals surface area contributed by atoms with E-state index in [2.05, 4.69) is 14.8 Å². The molecule has 0 heterocycles. The number of methoxy groups -OCH3 is 1. The van der Waals surface area contributed by atoms with E-state index < -0.39 is 17.6 Å². The summed E-state index contributed by atoms with van der Waals surface area (Å²) in [6.07, 6.45) is -0.627. The SMILES string of the molecule is CCOC(=O)NC(C)(C)C(=O)OC. The van der Waals surface area contributed by atoms with E-state index in [1.54, 1.807) is 6.92 Å². The molecule has 5 heteroatoms. The Labute approximate surface area is 77.4 Å². The first-order valence-corrected chi connectivity index (χ1v) is 3.97. The monoisotopic (exact) mass is 189 g/mol. The van der Waals surface area contributed by atoms with Crippen LogP contribution >= 0.6 is 0 Å². The number of carbonyl (C=O) groups is 2. The van der Waals surface area contributed by atoms with Crippen LogP contribution in [0.2, 0.25) is 0 Å². The Hall–Kier alpha value is -1.26. The van der Waals surface area contributed by atoms with Gasteiger partial charge in [0.1, 0.15) is 5.54 Å². The molecule has 0 atom stereocenters. The van der Waals surface area contributed by atoms with Crippen LogP contribution in [0.25, 0.3) is 0 Å². The van der Waals surface area contributed by atoms with Gasteiger partial charge in [-0.1, -0.05) is 0 Å². The molecule has 0 aliphatic carbocycles. The van der Waals surface area contributed by atoms with Crippen LogP contribution in [0, 0.1) is 0 Å². The Morgan fingerprint density at radius 2 is 1.92 bits per heavy atom. The first-order valence-electron chi connectivity index (χ1n) is 3.97. The van der Waals surface area contributed by atoms with Gasteiger partial charge < -0.3 is 14.8 Å². The van der Waals surface area contributed by atoms with E-state index in [4.69, 9.17) is 0 Å². The highest BCUT2D eigenvalue weighted by Crippen LogP contribution is 2.04. The minimum absolute atomic E-state index is 0.267. The fourth-order valence-corrected chi connectivity index (χ4v) is 0.729. The van der Waals surface area contributed by atoms with Gasteiger partial charge in [-0.25, -0.2) is 9.59 Å². The summed E-state index contributed by atoms with van der Waals surface area (Å²) in [5, 5.41) is 2.37. The number of hydrogen-bond donors (Lipinski definition) is 1. The molecular formula is C8H15NO4. The van der Waals surface area contributed by atoms with Crippen molar-refractivity contribution in [2.75, 3.05) is 13.7 Å². The minimum atomic E-state index is -1.05. The van der Waals surface area contributed by atoms with Crippen LogP contribution in [-0.4, -0.2) is 31.3 Å². The van der Waals surface area contributed by atoms with Crippen molar-refractivity contribution in [3.63, 3.8) is 0 Å². The van der Waals surface area contributed by atoms with E-state index in [0.717, 1.165) is 0 Å². The lowest BCUT2D eigenvalue weighted by molar-refractivity contribution is -0.146. The van der Waals surface area contributed by atoms with E-state index in [1.807, 2.05) is 0 Å². The van der Waals surface area contributed by atoms with Gasteiger partial charge in [0.05, 0.1) is 13.7 Å². The molecule has 0 bridgehead atoms. The topological polar surface area (TPSA) is 64.6 Å². The lowest BCUT2D eigenvalue weighted by Crippen LogP contribution is -2.50. The summed E-state index contributed by atoms with van der Waals surface area (Å²) in [5.41, 5.74) is -1.05. The van der Waals surface area contributed by atoms with Gasteiger partial charge in [-0.15, -0.1) is 0 Å². The number of ether oxygens (including phenoxy) is 2. The fraction of sp³-hybridized carbons (Fsp3) is 0.750. The number of esters is 1. The molecular weight excluding hydrogens is 174 g/mol. The third kappa shape index (κ3) is 3.78. The van der Waals surface area contributed by atoms with E-state index in [-0.39, 0.29) is 6.61 Å². The van der Waals surface area contributed by atoms with Gasteiger partial charge in [0.15, 0.2) is 0 Å². The van der Waals surface area contributed by atoms with Gasteiger partial charge in [-0.2, -0.15) is 0 Å². The van der Waals surface area contributed by atoms with Crippen LogP contribution in [0.5, 0.6) is 0 Å². The van der Waals surface area contributed by atoms with Crippen molar-refractivity contribution in [3.05, 3.63) is 0 Å². The molecule has 0 rings (SSSR count). The summed E-state index contributed by atoms with van der Waals surface area (Å²) >= 11 is 0. The molecule has 0 aromatic carbocycles. The Bertz CT molecular complexity index is 200. The van der Waals surface area contributed by atoms with Crippen molar-refractivity contribution < 1.29 is 19.1 Å². The van der Waals surface area contributed by atoms with Crippen molar-refractivity contribution in [1.82, 2.24) is 5.32 Å². The van der Waals surface area contributed by atoms with Crippen LogP contribution in [-0.2, 0) is 14.3 Å². The molecule has 1 N–H and O–H groups in total. The second kappa shape index (κ2) is 4.69. The molecule has 0 saturated carbocycles. The van der Waals surface area contributed by atoms with Crippen molar-refractivity contribution >= 4 is 12.1 Å². The molecule has 0 spiro atoms. The number of hydrogen-bond acceptors (Lipinski definition) is 4. The molecule has 76 valence electrons. The maximum Gasteiger partial charge on any atom is 0.408 e. The standard InChI is InChI=1S/C8H15NO4/c1-5-13-7(11)9-8(2,3)6(10)12-4/h5H2,1-4H3,(H,9,11). The highest BCUT2D eigenvalue weighted by molar-refractivity contribution is 5.84. The fourth-order valence-electron chi connectivity index (χ4n) is 0.729. The number of alkyl carbamates (subject to hydrolysis) is 1. The lowest BCUT2D eigenvalue weighted by atomic mass is 10.1. The molecule has 0 radical (unpaired) electrons. The zero-order valence-corrected chi connectivity index (χ0v) is 8.34. The van der Waals surface area contributed by atoms with E-state index in [9.17, 15) is 9.59 Å². The molecule has 1 amide bonds. The minimum Gasteiger partial charge on any atom is -0.467 e. The van der Waals surface area contributed by atoms with Gasteiger partial charge >= 0.3 is 12.1 Å². The highest BCUT2D eigenvalue weighted by atomic mass is 16.6. The second-order valence-corrected chi connectivity index (χ2v) is 2.96. The molecule has 5 nitrogen and oxygen atoms in total. The van der Waals surface area contributed by atoms with E-state index >= 15 is 0 Å². The quantitative estimate of drug-likeness (QED) is 0.663. The summed E-state index contributed by atoms with van der Waals surface area (Å²) < 4.78 is 9.10. The Balaban J connectivity index is 4.16. The van der Waals surface area contributed by atoms with Crippen LogP contribution in [0.3, 0.4) is 0 Å². The number of rotatable bonds is 3. The summed E-state index contributed by atoms with van der Waals surface area (Å²) in [6.45, 7) is 5.03. The van der Waals surface area contributed by atoms with Crippen LogP contribution in [0.15, 0.2) is 0 Å². The average molecular weight is 189 g/mol. The zero-order chi connectivity index (χ0) is 10.5. The molecule has 0 aromatic heterocycles. The number of nitrogens with one attached hydrogen (secondary N) is 1. The predicted molar refractivity (Wildman–Crippen MR) is 46.3 cm³/mol. The Kier molecular flexibility index (Phi) is 4.23. The average Bonchev–Trinajstić information content (AvgIpc) is 2.02. The predicted octanol–water partition coefficient (Wildman–Crippen LogP) is 0.684. The van der Waals surface area contributed by atoms with Crippen molar-refractivity contribution in [2.45, 2.75) is 26.3 Å². The van der Waals surface area contributed by atoms with Crippen molar-refractivity contribution in [2.24, 2.45) is 0 Å². The summed E-state index contributed by atoms with van der Waals surface area (Å²) in [7, 11) is 1.26. The molecule has 0 aliphatic heterocycles. The lowest BCUT2D eigenvalue weighted by Gasteiger charge is -2.22. The van der Waals surface area contributed by atoms with Gasteiger partial charge in [0, 0.05) is 0 Å². The van der Waals surface area contributed by atoms with Gasteiger partial charge in [-0.3, -0.25) is 0 Å². The third-order valence-corrected chi connectivity index (χ3v) is 1.39. The second-order valence-electron chi connectivity index (χ2n) is 2.96. The zero-order valence-electron chi connectivity index (χ0n) is 8.34. The normalized spacial score (nSPS) is 10.5. The van der Waals surface area contributed by atoms with Gasteiger partial charge in [0.2, 0.25) is 0 Å². The number of carbonyl (C=O) groups excluding carboxylic acids is 2. The number of amides is 1. The Morgan fingerprint density at radius 3 is 2.31 bits per heavy atom. The molecule has 0 unspecified atom stereocenters. The molecule has 13 heavy (non-hydrogen) atoms. The van der Waals surface area contributed by atoms with Gasteiger partial charge in [-0.05, 0) is 20.8 Å².